The van der Waals surface area contributed by atoms with Gasteiger partial charge in [0.15, 0.2) is 6.54 Å². The predicted molar refractivity (Wildman–Crippen MR) is 108 cm³/mol. The number of nitrogens with zero attached hydrogens (tertiary/aromatic N) is 2. The smallest absolute Gasteiger partial charge is 0.294 e. The van der Waals surface area contributed by atoms with Crippen molar-refractivity contribution >= 4 is 34.6 Å². The minimum Gasteiger partial charge on any atom is -0.495 e. The van der Waals surface area contributed by atoms with Crippen molar-refractivity contribution in [2.45, 2.75) is 0 Å². The quantitative estimate of drug-likeness (QED) is 0.563. The molecule has 1 heterocycles. The number of ether oxygens (including phenoxy) is 1. The molecule has 2 N–H and O–H groups in total. The van der Waals surface area contributed by atoms with E-state index in [0.29, 0.717) is 0 Å². The number of halogens is 1. The van der Waals surface area contributed by atoms with E-state index in [0.717, 1.165) is 42.5 Å². The van der Waals surface area contributed by atoms with Crippen molar-refractivity contribution in [2.24, 2.45) is 0 Å². The summed E-state index contributed by atoms with van der Waals surface area (Å²) in [6.45, 7) is 3.41. The highest BCUT2D eigenvalue weighted by molar-refractivity contribution is 6.31. The molecule has 148 valence electrons. The Morgan fingerprint density at radius 3 is 2.68 bits per heavy atom. The molecule has 0 aliphatic carbocycles. The van der Waals surface area contributed by atoms with Gasteiger partial charge in [-0.2, -0.15) is 0 Å². The summed E-state index contributed by atoms with van der Waals surface area (Å²) in [5.74, 6) is 0.574. The number of hydrogen-bond donors (Lipinski definition) is 2. The second-order valence-electron chi connectivity index (χ2n) is 6.55. The van der Waals surface area contributed by atoms with Gasteiger partial charge in [-0.05, 0) is 24.3 Å². The first-order chi connectivity index (χ1) is 13.5. The van der Waals surface area contributed by atoms with Gasteiger partial charge in [-0.25, -0.2) is 0 Å². The molecule has 0 spiro atoms. The third-order valence-electron chi connectivity index (χ3n) is 4.74. The van der Waals surface area contributed by atoms with Crippen LogP contribution in [0.5, 0.6) is 5.75 Å². The molecule has 2 aromatic rings. The van der Waals surface area contributed by atoms with Crippen molar-refractivity contribution in [3.8, 4) is 5.75 Å². The zero-order valence-electron chi connectivity index (χ0n) is 15.5. The van der Waals surface area contributed by atoms with Gasteiger partial charge in [-0.1, -0.05) is 23.7 Å². The zero-order valence-corrected chi connectivity index (χ0v) is 16.2. The Bertz CT molecular complexity index is 869. The van der Waals surface area contributed by atoms with Gasteiger partial charge in [0.25, 0.3) is 11.6 Å². The van der Waals surface area contributed by atoms with Gasteiger partial charge in [-0.15, -0.1) is 0 Å². The van der Waals surface area contributed by atoms with E-state index in [-0.39, 0.29) is 28.8 Å². The van der Waals surface area contributed by atoms with Crippen LogP contribution >= 0.6 is 11.6 Å². The third kappa shape index (κ3) is 4.71. The molecule has 1 amide bonds. The minimum atomic E-state index is -0.555. The number of nitro groups is 1. The summed E-state index contributed by atoms with van der Waals surface area (Å²) in [7, 11) is 1.65. The molecule has 1 aliphatic rings. The lowest BCUT2D eigenvalue weighted by atomic mass is 10.2. The number of methoxy groups -OCH3 is 1. The minimum absolute atomic E-state index is 0.159. The molecule has 28 heavy (non-hydrogen) atoms. The van der Waals surface area contributed by atoms with Crippen molar-refractivity contribution < 1.29 is 19.4 Å². The molecule has 0 atom stereocenters. The van der Waals surface area contributed by atoms with Crippen molar-refractivity contribution in [1.82, 2.24) is 0 Å². The maximum atomic E-state index is 12.4. The summed E-state index contributed by atoms with van der Waals surface area (Å²) in [6, 6.07) is 12.1. The van der Waals surface area contributed by atoms with Crippen LogP contribution in [0.1, 0.15) is 0 Å². The number of benzene rings is 2. The van der Waals surface area contributed by atoms with E-state index in [2.05, 4.69) is 10.2 Å². The second-order valence-corrected chi connectivity index (χ2v) is 6.99. The fourth-order valence-corrected chi connectivity index (χ4v) is 3.48. The van der Waals surface area contributed by atoms with Crippen molar-refractivity contribution in [3.05, 3.63) is 57.6 Å². The molecule has 1 fully saturated rings. The summed E-state index contributed by atoms with van der Waals surface area (Å²) in [5, 5.41) is 14.0. The highest BCUT2D eigenvalue weighted by Gasteiger charge is 2.25. The van der Waals surface area contributed by atoms with E-state index in [1.807, 2.05) is 24.3 Å². The topological polar surface area (TPSA) is 89.2 Å². The number of amides is 1. The highest BCUT2D eigenvalue weighted by Crippen LogP contribution is 2.28. The van der Waals surface area contributed by atoms with E-state index in [1.165, 1.54) is 18.2 Å². The first-order valence-corrected chi connectivity index (χ1v) is 9.31. The lowest BCUT2D eigenvalue weighted by Gasteiger charge is -2.34. The van der Waals surface area contributed by atoms with Crippen LogP contribution in [-0.4, -0.2) is 50.7 Å². The second kappa shape index (κ2) is 8.90. The molecular formula is C19H22ClN4O4+. The van der Waals surface area contributed by atoms with Crippen LogP contribution in [-0.2, 0) is 4.79 Å². The van der Waals surface area contributed by atoms with Gasteiger partial charge < -0.3 is 19.9 Å². The van der Waals surface area contributed by atoms with Gasteiger partial charge in [0, 0.05) is 11.1 Å². The molecule has 0 unspecified atom stereocenters. The molecule has 3 rings (SSSR count). The van der Waals surface area contributed by atoms with Gasteiger partial charge in [0.1, 0.15) is 11.4 Å². The Hall–Kier alpha value is -2.84. The summed E-state index contributed by atoms with van der Waals surface area (Å²) in [4.78, 5) is 26.3. The Morgan fingerprint density at radius 1 is 1.29 bits per heavy atom. The Balaban J connectivity index is 1.57. The van der Waals surface area contributed by atoms with Crippen LogP contribution in [0.25, 0.3) is 0 Å². The van der Waals surface area contributed by atoms with Crippen LogP contribution in [0.15, 0.2) is 42.5 Å². The number of carbonyl (C=O) groups excluding carboxylic acids is 1. The number of piperazine rings is 1. The summed E-state index contributed by atoms with van der Waals surface area (Å²) in [5.41, 5.74) is 0.994. The van der Waals surface area contributed by atoms with Crippen LogP contribution in [0.4, 0.5) is 17.1 Å². The lowest BCUT2D eigenvalue weighted by molar-refractivity contribution is -0.892. The van der Waals surface area contributed by atoms with Gasteiger partial charge in [0.05, 0.1) is 43.9 Å². The maximum absolute atomic E-state index is 12.4. The summed E-state index contributed by atoms with van der Waals surface area (Å²) < 4.78 is 5.42. The molecular weight excluding hydrogens is 384 g/mol. The Labute approximate surface area is 167 Å². The zero-order chi connectivity index (χ0) is 20.1. The first kappa shape index (κ1) is 19.9. The molecule has 9 heteroatoms. The number of nitro benzene ring substituents is 1. The summed E-state index contributed by atoms with van der Waals surface area (Å²) in [6.07, 6.45) is 0. The molecule has 1 saturated heterocycles. The molecule has 0 radical (unpaired) electrons. The van der Waals surface area contributed by atoms with Crippen LogP contribution in [0, 0.1) is 10.1 Å². The number of hydrogen-bond acceptors (Lipinski definition) is 5. The van der Waals surface area contributed by atoms with Crippen LogP contribution in [0.2, 0.25) is 5.02 Å². The fraction of sp³-hybridized carbons (Fsp3) is 0.316. The highest BCUT2D eigenvalue weighted by atomic mass is 35.5. The normalized spacial score (nSPS) is 14.6. The average Bonchev–Trinajstić information content (AvgIpc) is 2.69. The van der Waals surface area contributed by atoms with Crippen molar-refractivity contribution in [3.63, 3.8) is 0 Å². The van der Waals surface area contributed by atoms with E-state index >= 15 is 0 Å². The SMILES string of the molecule is COc1ccccc1N1CC[NH+](CC(=O)Nc2ccc(Cl)cc2[N+](=O)[O-])CC1. The van der Waals surface area contributed by atoms with E-state index in [1.54, 1.807) is 7.11 Å². The average molecular weight is 406 g/mol. The molecule has 1 aliphatic heterocycles. The Kier molecular flexibility index (Phi) is 6.33. The first-order valence-electron chi connectivity index (χ1n) is 8.93. The van der Waals surface area contributed by atoms with E-state index in [9.17, 15) is 14.9 Å². The molecule has 8 nitrogen and oxygen atoms in total. The maximum Gasteiger partial charge on any atom is 0.294 e. The summed E-state index contributed by atoms with van der Waals surface area (Å²) >= 11 is 5.80. The predicted octanol–water partition coefficient (Wildman–Crippen LogP) is 1.60. The standard InChI is InChI=1S/C19H21ClN4O4/c1-28-18-5-3-2-4-16(18)23-10-8-22(9-11-23)13-19(25)21-15-7-6-14(20)12-17(15)24(26)27/h2-7,12H,8-11,13H2,1H3,(H,21,25)/p+1. The number of para-hydroxylation sites is 2. The molecule has 0 bridgehead atoms. The number of carbonyl (C=O) groups is 1. The van der Waals surface area contributed by atoms with Crippen LogP contribution in [0.3, 0.4) is 0 Å². The lowest BCUT2D eigenvalue weighted by Crippen LogP contribution is -3.15. The van der Waals surface area contributed by atoms with E-state index < -0.39 is 4.92 Å². The number of rotatable bonds is 6. The molecule has 2 aromatic carbocycles. The number of anilines is 2. The van der Waals surface area contributed by atoms with Gasteiger partial charge in [-0.3, -0.25) is 14.9 Å². The monoisotopic (exact) mass is 405 g/mol. The fourth-order valence-electron chi connectivity index (χ4n) is 3.31. The molecule has 0 aromatic heterocycles. The molecule has 0 saturated carbocycles. The van der Waals surface area contributed by atoms with Crippen molar-refractivity contribution in [1.29, 1.82) is 0 Å². The number of nitrogens with one attached hydrogen (secondary N) is 2. The largest absolute Gasteiger partial charge is 0.495 e. The third-order valence-corrected chi connectivity index (χ3v) is 4.97. The Morgan fingerprint density at radius 2 is 2.00 bits per heavy atom. The number of quaternary nitrogens is 1. The van der Waals surface area contributed by atoms with Crippen molar-refractivity contribution in [2.75, 3.05) is 50.1 Å². The van der Waals surface area contributed by atoms with Gasteiger partial charge in [0.2, 0.25) is 0 Å². The van der Waals surface area contributed by atoms with E-state index in [4.69, 9.17) is 16.3 Å². The van der Waals surface area contributed by atoms with Crippen LogP contribution < -0.4 is 19.9 Å². The van der Waals surface area contributed by atoms with Gasteiger partial charge >= 0.3 is 0 Å².